The molecule has 0 bridgehead atoms. The third-order valence-electron chi connectivity index (χ3n) is 4.41. The van der Waals surface area contributed by atoms with Crippen LogP contribution >= 0.6 is 9.24 Å². The highest BCUT2D eigenvalue weighted by Crippen LogP contribution is 2.26. The van der Waals surface area contributed by atoms with Crippen LogP contribution in [0.5, 0.6) is 0 Å². The molecule has 0 radical (unpaired) electrons. The van der Waals surface area contributed by atoms with Crippen molar-refractivity contribution in [2.24, 2.45) is 5.41 Å². The summed E-state index contributed by atoms with van der Waals surface area (Å²) in [7, 11) is 2.73. The summed E-state index contributed by atoms with van der Waals surface area (Å²) in [5, 5.41) is 0. The van der Waals surface area contributed by atoms with Gasteiger partial charge >= 0.3 is 11.9 Å². The van der Waals surface area contributed by atoms with Gasteiger partial charge in [0.1, 0.15) is 5.60 Å². The predicted molar refractivity (Wildman–Crippen MR) is 104 cm³/mol. The molecule has 1 rings (SSSR count). The maximum Gasteiger partial charge on any atom is 0.338 e. The molecular formula is C20H31O4P. The van der Waals surface area contributed by atoms with Crippen molar-refractivity contribution < 1.29 is 19.1 Å². The largest absolute Gasteiger partial charge is 0.462 e. The highest BCUT2D eigenvalue weighted by Gasteiger charge is 2.22. The zero-order valence-corrected chi connectivity index (χ0v) is 17.2. The molecule has 0 aliphatic heterocycles. The van der Waals surface area contributed by atoms with Gasteiger partial charge in [0.25, 0.3) is 0 Å². The molecule has 0 aliphatic carbocycles. The van der Waals surface area contributed by atoms with Crippen LogP contribution in [0.1, 0.15) is 74.6 Å². The lowest BCUT2D eigenvalue weighted by molar-refractivity contribution is -0.00248. The Bertz CT molecular complexity index is 576. The van der Waals surface area contributed by atoms with Crippen molar-refractivity contribution >= 4 is 21.2 Å². The quantitative estimate of drug-likeness (QED) is 0.462. The molecule has 0 heterocycles. The van der Waals surface area contributed by atoms with Gasteiger partial charge in [-0.05, 0) is 69.0 Å². The Morgan fingerprint density at radius 3 is 1.96 bits per heavy atom. The highest BCUT2D eigenvalue weighted by atomic mass is 31.0. The summed E-state index contributed by atoms with van der Waals surface area (Å²) in [5.41, 5.74) is 0.523. The van der Waals surface area contributed by atoms with Crippen molar-refractivity contribution in [3.8, 4) is 0 Å². The smallest absolute Gasteiger partial charge is 0.338 e. The molecule has 0 N–H and O–H groups in total. The van der Waals surface area contributed by atoms with Gasteiger partial charge in [-0.25, -0.2) is 9.59 Å². The van der Waals surface area contributed by atoms with Crippen LogP contribution in [0.25, 0.3) is 0 Å². The molecule has 4 nitrogen and oxygen atoms in total. The van der Waals surface area contributed by atoms with Crippen molar-refractivity contribution in [1.82, 2.24) is 0 Å². The van der Waals surface area contributed by atoms with Gasteiger partial charge in [0.2, 0.25) is 0 Å². The highest BCUT2D eigenvalue weighted by molar-refractivity contribution is 7.16. The molecular weight excluding hydrogens is 335 g/mol. The maximum atomic E-state index is 12.1. The van der Waals surface area contributed by atoms with Crippen molar-refractivity contribution in [2.75, 3.05) is 12.8 Å². The zero-order chi connectivity index (χ0) is 19.1. The summed E-state index contributed by atoms with van der Waals surface area (Å²) in [6, 6.07) is 6.41. The lowest BCUT2D eigenvalue weighted by atomic mass is 9.87. The third-order valence-corrected chi connectivity index (χ3v) is 4.70. The van der Waals surface area contributed by atoms with E-state index in [-0.39, 0.29) is 17.4 Å². The van der Waals surface area contributed by atoms with E-state index in [2.05, 4.69) is 23.1 Å². The molecule has 0 saturated carbocycles. The number of hydrogen-bond acceptors (Lipinski definition) is 4. The zero-order valence-electron chi connectivity index (χ0n) is 16.1. The Morgan fingerprint density at radius 1 is 0.960 bits per heavy atom. The van der Waals surface area contributed by atoms with Crippen LogP contribution in [0.4, 0.5) is 0 Å². The first-order valence-corrected chi connectivity index (χ1v) is 9.62. The molecule has 0 fully saturated rings. The first-order valence-electron chi connectivity index (χ1n) is 8.81. The Hall–Kier alpha value is -1.41. The fourth-order valence-electron chi connectivity index (χ4n) is 2.14. The third kappa shape index (κ3) is 7.56. The number of esters is 2. The van der Waals surface area contributed by atoms with E-state index in [0.29, 0.717) is 17.7 Å². The second-order valence-corrected chi connectivity index (χ2v) is 8.25. The summed E-state index contributed by atoms with van der Waals surface area (Å²) in [6.07, 6.45) is 3.66. The lowest BCUT2D eigenvalue weighted by Gasteiger charge is -2.23. The second-order valence-electron chi connectivity index (χ2n) is 7.67. The molecule has 5 heteroatoms. The number of rotatable bonds is 9. The molecule has 0 saturated heterocycles. The SMILES string of the molecule is CCC(C)(C)OC(=O)c1ccc(C(=O)OCCC(C)(C)CCP)cc1. The van der Waals surface area contributed by atoms with Crippen molar-refractivity contribution in [3.63, 3.8) is 0 Å². The van der Waals surface area contributed by atoms with E-state index in [1.807, 2.05) is 20.8 Å². The van der Waals surface area contributed by atoms with E-state index in [1.54, 1.807) is 24.3 Å². The Balaban J connectivity index is 2.58. The molecule has 1 atom stereocenters. The normalized spacial score (nSPS) is 11.9. The van der Waals surface area contributed by atoms with Gasteiger partial charge in [0, 0.05) is 0 Å². The van der Waals surface area contributed by atoms with Crippen LogP contribution in [0.2, 0.25) is 0 Å². The fraction of sp³-hybridized carbons (Fsp3) is 0.600. The van der Waals surface area contributed by atoms with Gasteiger partial charge in [-0.15, -0.1) is 9.24 Å². The van der Waals surface area contributed by atoms with Crippen LogP contribution in [0, 0.1) is 5.41 Å². The van der Waals surface area contributed by atoms with E-state index >= 15 is 0 Å². The summed E-state index contributed by atoms with van der Waals surface area (Å²) < 4.78 is 10.8. The summed E-state index contributed by atoms with van der Waals surface area (Å²) in [4.78, 5) is 24.2. The topological polar surface area (TPSA) is 52.6 Å². The number of carbonyl (C=O) groups excluding carboxylic acids is 2. The first-order chi connectivity index (χ1) is 11.6. The number of benzene rings is 1. The summed E-state index contributed by atoms with van der Waals surface area (Å²) >= 11 is 0. The molecule has 0 aromatic heterocycles. The van der Waals surface area contributed by atoms with Gasteiger partial charge in [-0.3, -0.25) is 0 Å². The van der Waals surface area contributed by atoms with Crippen molar-refractivity contribution in [1.29, 1.82) is 0 Å². The Labute approximate surface area is 153 Å². The summed E-state index contributed by atoms with van der Waals surface area (Å²) in [6.45, 7) is 10.4. The van der Waals surface area contributed by atoms with Crippen molar-refractivity contribution in [3.05, 3.63) is 35.4 Å². The van der Waals surface area contributed by atoms with Gasteiger partial charge in [0.15, 0.2) is 0 Å². The predicted octanol–water partition coefficient (Wildman–Crippen LogP) is 4.87. The standard InChI is InChI=1S/C20H31O4P/c1-6-20(4,5)24-18(22)16-9-7-15(8-10-16)17(21)23-13-11-19(2,3)12-14-25/h7-10H,6,11-14,25H2,1-5H3. The first kappa shape index (κ1) is 21.6. The van der Waals surface area contributed by atoms with E-state index in [9.17, 15) is 9.59 Å². The average molecular weight is 366 g/mol. The summed E-state index contributed by atoms with van der Waals surface area (Å²) in [5.74, 6) is -0.749. The molecule has 0 spiro atoms. The minimum Gasteiger partial charge on any atom is -0.462 e. The molecule has 1 aromatic carbocycles. The van der Waals surface area contributed by atoms with Crippen LogP contribution in [0.3, 0.4) is 0 Å². The minimum absolute atomic E-state index is 0.154. The van der Waals surface area contributed by atoms with Gasteiger partial charge in [0.05, 0.1) is 17.7 Å². The molecule has 1 aromatic rings. The fourth-order valence-corrected chi connectivity index (χ4v) is 2.92. The molecule has 0 aliphatic rings. The molecule has 0 amide bonds. The van der Waals surface area contributed by atoms with Gasteiger partial charge in [-0.1, -0.05) is 20.8 Å². The van der Waals surface area contributed by atoms with Crippen LogP contribution in [-0.2, 0) is 9.47 Å². The number of hydrogen-bond donors (Lipinski definition) is 0. The van der Waals surface area contributed by atoms with Crippen molar-refractivity contribution in [2.45, 2.75) is 59.5 Å². The Kier molecular flexibility index (Phi) is 8.08. The van der Waals surface area contributed by atoms with E-state index in [1.165, 1.54) is 0 Å². The second kappa shape index (κ2) is 9.33. The number of ether oxygens (including phenoxy) is 2. The molecule has 1 unspecified atom stereocenters. The van der Waals surface area contributed by atoms with E-state index in [4.69, 9.17) is 9.47 Å². The van der Waals surface area contributed by atoms with Crippen LogP contribution in [-0.4, -0.2) is 30.3 Å². The van der Waals surface area contributed by atoms with E-state index < -0.39 is 5.60 Å². The average Bonchev–Trinajstić information content (AvgIpc) is 2.54. The van der Waals surface area contributed by atoms with E-state index in [0.717, 1.165) is 25.4 Å². The molecule has 25 heavy (non-hydrogen) atoms. The lowest BCUT2D eigenvalue weighted by Crippen LogP contribution is -2.27. The molecule has 140 valence electrons. The monoisotopic (exact) mass is 366 g/mol. The van der Waals surface area contributed by atoms with Gasteiger partial charge < -0.3 is 9.47 Å². The number of carbonyl (C=O) groups is 2. The van der Waals surface area contributed by atoms with Crippen LogP contribution in [0.15, 0.2) is 24.3 Å². The Morgan fingerprint density at radius 2 is 1.48 bits per heavy atom. The van der Waals surface area contributed by atoms with Crippen LogP contribution < -0.4 is 0 Å². The maximum absolute atomic E-state index is 12.1. The van der Waals surface area contributed by atoms with Gasteiger partial charge in [-0.2, -0.15) is 0 Å². The minimum atomic E-state index is -0.502.